The molecule has 1 aliphatic rings. The maximum Gasteiger partial charge on any atom is 0.329 e. The van der Waals surface area contributed by atoms with Crippen molar-refractivity contribution in [3.63, 3.8) is 0 Å². The summed E-state index contributed by atoms with van der Waals surface area (Å²) in [4.78, 5) is 47.6. The Labute approximate surface area is 173 Å². The number of amides is 4. The highest BCUT2D eigenvalue weighted by atomic mass is 19.1. The molecule has 0 unspecified atom stereocenters. The average molecular weight is 430 g/mol. The summed E-state index contributed by atoms with van der Waals surface area (Å²) in [6, 6.07) is 6.69. The van der Waals surface area contributed by atoms with Gasteiger partial charge in [-0.25, -0.2) is 14.1 Å². The minimum atomic E-state index is -0.903. The number of aromatic hydroxyl groups is 1. The topological polar surface area (TPSA) is 151 Å². The Morgan fingerprint density at radius 1 is 1.35 bits per heavy atom. The quantitative estimate of drug-likeness (QED) is 0.274. The van der Waals surface area contributed by atoms with Gasteiger partial charge in [0.2, 0.25) is 11.7 Å². The molecule has 12 heteroatoms. The van der Waals surface area contributed by atoms with Crippen molar-refractivity contribution in [2.24, 2.45) is 0 Å². The fraction of sp³-hybridized carbons (Fsp3) is 0.105. The summed E-state index contributed by atoms with van der Waals surface area (Å²) in [5.74, 6) is -3.27. The van der Waals surface area contributed by atoms with Gasteiger partial charge in [0, 0.05) is 6.07 Å². The fourth-order valence-corrected chi connectivity index (χ4v) is 2.77. The molecule has 0 saturated carbocycles. The van der Waals surface area contributed by atoms with Crippen LogP contribution in [0, 0.1) is 15.9 Å². The Morgan fingerprint density at radius 3 is 2.71 bits per heavy atom. The van der Waals surface area contributed by atoms with E-state index in [0.29, 0.717) is 4.90 Å². The van der Waals surface area contributed by atoms with E-state index in [1.165, 1.54) is 31.4 Å². The number of imide groups is 1. The maximum absolute atomic E-state index is 13.6. The van der Waals surface area contributed by atoms with Crippen LogP contribution in [-0.2, 0) is 9.59 Å². The van der Waals surface area contributed by atoms with Crippen LogP contribution in [0.5, 0.6) is 11.5 Å². The lowest BCUT2D eigenvalue weighted by atomic mass is 10.1. The molecule has 11 nitrogen and oxygen atoms in total. The Bertz CT molecular complexity index is 1130. The molecule has 0 atom stereocenters. The summed E-state index contributed by atoms with van der Waals surface area (Å²) in [7, 11) is 1.19. The third-order valence-electron chi connectivity index (χ3n) is 4.22. The molecule has 3 N–H and O–H groups in total. The largest absolute Gasteiger partial charge is 0.500 e. The first-order valence-corrected chi connectivity index (χ1v) is 8.65. The van der Waals surface area contributed by atoms with Gasteiger partial charge in [-0.1, -0.05) is 12.1 Å². The van der Waals surface area contributed by atoms with E-state index in [-0.39, 0.29) is 22.7 Å². The lowest BCUT2D eigenvalue weighted by molar-refractivity contribution is -0.386. The summed E-state index contributed by atoms with van der Waals surface area (Å²) < 4.78 is 18.5. The molecular formula is C19H15FN4O7. The first-order chi connectivity index (χ1) is 14.7. The molecule has 0 radical (unpaired) electrons. The van der Waals surface area contributed by atoms with Crippen molar-refractivity contribution >= 4 is 35.3 Å². The number of halogens is 1. The van der Waals surface area contributed by atoms with Gasteiger partial charge in [0.05, 0.1) is 17.7 Å². The third kappa shape index (κ3) is 4.42. The van der Waals surface area contributed by atoms with Gasteiger partial charge in [-0.3, -0.25) is 19.7 Å². The van der Waals surface area contributed by atoms with Crippen LogP contribution in [0.15, 0.2) is 42.1 Å². The van der Waals surface area contributed by atoms with Crippen molar-refractivity contribution in [2.45, 2.75) is 0 Å². The Morgan fingerprint density at radius 2 is 2.06 bits per heavy atom. The number of urea groups is 1. The molecule has 2 aromatic rings. The van der Waals surface area contributed by atoms with Gasteiger partial charge >= 0.3 is 11.7 Å². The summed E-state index contributed by atoms with van der Waals surface area (Å²) in [5, 5.41) is 25.4. The molecule has 31 heavy (non-hydrogen) atoms. The number of methoxy groups -OCH3 is 1. The van der Waals surface area contributed by atoms with Gasteiger partial charge in [0.1, 0.15) is 18.1 Å². The van der Waals surface area contributed by atoms with Gasteiger partial charge < -0.3 is 20.5 Å². The third-order valence-corrected chi connectivity index (χ3v) is 4.22. The van der Waals surface area contributed by atoms with Gasteiger partial charge in [-0.15, -0.1) is 0 Å². The lowest BCUT2D eigenvalue weighted by Crippen LogP contribution is -2.38. The minimum Gasteiger partial charge on any atom is -0.500 e. The van der Waals surface area contributed by atoms with E-state index < -0.39 is 46.6 Å². The molecule has 1 fully saturated rings. The molecule has 1 heterocycles. The second kappa shape index (κ2) is 8.49. The Kier molecular flexibility index (Phi) is 5.81. The van der Waals surface area contributed by atoms with Crippen molar-refractivity contribution in [3.8, 4) is 11.5 Å². The number of rotatable bonds is 6. The number of nitro groups is 1. The fourth-order valence-electron chi connectivity index (χ4n) is 2.77. The van der Waals surface area contributed by atoms with E-state index in [2.05, 4.69) is 10.6 Å². The van der Waals surface area contributed by atoms with Crippen molar-refractivity contribution in [1.82, 2.24) is 10.2 Å². The zero-order valence-electron chi connectivity index (χ0n) is 15.9. The summed E-state index contributed by atoms with van der Waals surface area (Å²) in [6.45, 7) is -0.685. The maximum atomic E-state index is 13.6. The monoisotopic (exact) mass is 430 g/mol. The summed E-state index contributed by atoms with van der Waals surface area (Å²) in [5.41, 5.74) is -0.948. The van der Waals surface area contributed by atoms with Gasteiger partial charge in [0.25, 0.3) is 5.91 Å². The van der Waals surface area contributed by atoms with Gasteiger partial charge in [-0.2, -0.15) is 0 Å². The Balaban J connectivity index is 1.81. The molecule has 1 aliphatic heterocycles. The summed E-state index contributed by atoms with van der Waals surface area (Å²) >= 11 is 0. The van der Waals surface area contributed by atoms with Gasteiger partial charge in [-0.05, 0) is 29.8 Å². The van der Waals surface area contributed by atoms with Crippen LogP contribution >= 0.6 is 0 Å². The molecule has 1 saturated heterocycles. The number of ether oxygens (including phenoxy) is 1. The van der Waals surface area contributed by atoms with E-state index in [9.17, 15) is 34.0 Å². The molecule has 2 aromatic carbocycles. The van der Waals surface area contributed by atoms with Crippen LogP contribution in [0.3, 0.4) is 0 Å². The van der Waals surface area contributed by atoms with E-state index in [4.69, 9.17) is 4.74 Å². The van der Waals surface area contributed by atoms with Crippen molar-refractivity contribution in [2.75, 3.05) is 19.0 Å². The molecule has 0 spiro atoms. The number of para-hydroxylation sites is 1. The normalized spacial score (nSPS) is 14.5. The molecule has 160 valence electrons. The van der Waals surface area contributed by atoms with Crippen LogP contribution < -0.4 is 15.4 Å². The number of benzene rings is 2. The predicted molar refractivity (Wildman–Crippen MR) is 105 cm³/mol. The van der Waals surface area contributed by atoms with Crippen LogP contribution in [0.25, 0.3) is 6.08 Å². The van der Waals surface area contributed by atoms with E-state index >= 15 is 0 Å². The predicted octanol–water partition coefficient (Wildman–Crippen LogP) is 1.98. The van der Waals surface area contributed by atoms with Crippen LogP contribution in [0.2, 0.25) is 0 Å². The Hall–Kier alpha value is -4.48. The lowest BCUT2D eigenvalue weighted by Gasteiger charge is -2.12. The number of nitrogens with zero attached hydrogens (tertiary/aromatic N) is 2. The minimum absolute atomic E-state index is 0.0858. The second-order valence-electron chi connectivity index (χ2n) is 6.26. The van der Waals surface area contributed by atoms with Crippen LogP contribution in [0.1, 0.15) is 5.56 Å². The molecule has 3 rings (SSSR count). The highest BCUT2D eigenvalue weighted by molar-refractivity contribution is 6.16. The second-order valence-corrected chi connectivity index (χ2v) is 6.26. The van der Waals surface area contributed by atoms with Crippen molar-refractivity contribution in [1.29, 1.82) is 0 Å². The van der Waals surface area contributed by atoms with E-state index in [1.807, 2.05) is 0 Å². The molecular weight excluding hydrogens is 415 g/mol. The first kappa shape index (κ1) is 21.2. The highest BCUT2D eigenvalue weighted by Crippen LogP contribution is 2.37. The molecule has 4 amide bonds. The number of nitrogens with one attached hydrogen (secondary N) is 2. The van der Waals surface area contributed by atoms with Crippen LogP contribution in [-0.4, -0.2) is 46.4 Å². The summed E-state index contributed by atoms with van der Waals surface area (Å²) in [6.07, 6.45) is 1.13. The SMILES string of the molecule is COc1cc(/C=C2/NC(=O)N(CC(=O)Nc3ccccc3F)C2=O)cc([N+](=O)[O-])c1O. The number of hydrogen-bond acceptors (Lipinski definition) is 7. The number of hydrogen-bond donors (Lipinski definition) is 3. The molecule has 0 aliphatic carbocycles. The number of carbonyl (C=O) groups excluding carboxylic acids is 3. The van der Waals surface area contributed by atoms with Gasteiger partial charge in [0.15, 0.2) is 5.75 Å². The van der Waals surface area contributed by atoms with E-state index in [1.54, 1.807) is 0 Å². The zero-order valence-corrected chi connectivity index (χ0v) is 15.9. The highest BCUT2D eigenvalue weighted by Gasteiger charge is 2.35. The standard InChI is InChI=1S/C19H15FN4O7/c1-31-15-8-10(7-14(17(15)26)24(29)30)6-13-18(27)23(19(28)22-13)9-16(25)21-12-5-3-2-4-11(12)20/h2-8,26H,9H2,1H3,(H,21,25)(H,22,28)/b13-6+. The van der Waals surface area contributed by atoms with E-state index in [0.717, 1.165) is 18.2 Å². The molecule has 0 aromatic heterocycles. The number of nitro benzene ring substituents is 1. The zero-order chi connectivity index (χ0) is 22.7. The number of phenolic OH excluding ortho intramolecular Hbond substituents is 1. The molecule has 0 bridgehead atoms. The number of anilines is 1. The number of phenols is 1. The first-order valence-electron chi connectivity index (χ1n) is 8.65. The van der Waals surface area contributed by atoms with Crippen molar-refractivity contribution in [3.05, 3.63) is 63.6 Å². The average Bonchev–Trinajstić information content (AvgIpc) is 2.98. The van der Waals surface area contributed by atoms with Crippen LogP contribution in [0.4, 0.5) is 20.6 Å². The number of carbonyl (C=O) groups is 3. The van der Waals surface area contributed by atoms with Crippen molar-refractivity contribution < 1.29 is 33.5 Å². The smallest absolute Gasteiger partial charge is 0.329 e.